The molecule has 2 amide bonds. The Balaban J connectivity index is 1.07. The van der Waals surface area contributed by atoms with E-state index in [1.807, 2.05) is 11.8 Å². The number of thioether (sulfide) groups is 1. The topological polar surface area (TPSA) is 52.7 Å². The van der Waals surface area contributed by atoms with Crippen LogP contribution in [0.5, 0.6) is 0 Å². The maximum atomic E-state index is 12.6. The van der Waals surface area contributed by atoms with Crippen LogP contribution in [-0.2, 0) is 9.59 Å². The summed E-state index contributed by atoms with van der Waals surface area (Å²) in [5, 5.41) is 2.56. The van der Waals surface area contributed by atoms with Crippen molar-refractivity contribution in [1.82, 2.24) is 10.2 Å². The third kappa shape index (κ3) is 5.02. The molecule has 3 aliphatic heterocycles. The van der Waals surface area contributed by atoms with Crippen LogP contribution >= 0.6 is 11.8 Å². The number of carbonyl (C=O) groups is 2. The highest BCUT2D eigenvalue weighted by atomic mass is 32.2. The first-order valence-electron chi connectivity index (χ1n) is 14.3. The summed E-state index contributed by atoms with van der Waals surface area (Å²) < 4.78 is 0. The molecule has 0 radical (unpaired) electrons. The Labute approximate surface area is 214 Å². The van der Waals surface area contributed by atoms with Crippen LogP contribution in [0.1, 0.15) is 88.5 Å². The van der Waals surface area contributed by atoms with Gasteiger partial charge < -0.3 is 9.80 Å². The molecule has 4 fully saturated rings. The second-order valence-electron chi connectivity index (χ2n) is 11.7. The second kappa shape index (κ2) is 10.5. The first-order chi connectivity index (χ1) is 17.2. The molecular weight excluding hydrogens is 454 g/mol. The lowest BCUT2D eigenvalue weighted by atomic mass is 9.80. The Morgan fingerprint density at radius 3 is 2.51 bits per heavy atom. The van der Waals surface area contributed by atoms with Crippen LogP contribution in [-0.4, -0.2) is 54.2 Å². The summed E-state index contributed by atoms with van der Waals surface area (Å²) in [6.45, 7) is 3.33. The molecule has 2 saturated carbocycles. The average molecular weight is 496 g/mol. The van der Waals surface area contributed by atoms with Crippen molar-refractivity contribution in [3.63, 3.8) is 0 Å². The molecule has 2 saturated heterocycles. The van der Waals surface area contributed by atoms with Gasteiger partial charge in [0.2, 0.25) is 11.8 Å². The molecule has 5 nitrogen and oxygen atoms in total. The van der Waals surface area contributed by atoms with Gasteiger partial charge in [0, 0.05) is 29.7 Å². The fourth-order valence-electron chi connectivity index (χ4n) is 7.39. The number of amides is 2. The third-order valence-electron chi connectivity index (χ3n) is 9.71. The van der Waals surface area contributed by atoms with Gasteiger partial charge in [-0.05, 0) is 81.0 Å². The fourth-order valence-corrected chi connectivity index (χ4v) is 8.61. The van der Waals surface area contributed by atoms with Crippen molar-refractivity contribution in [2.75, 3.05) is 30.3 Å². The van der Waals surface area contributed by atoms with E-state index < -0.39 is 0 Å². The first kappa shape index (κ1) is 23.8. The number of benzene rings is 1. The standard InChI is InChI=1S/C29H41N3O2S/c33-27-12-11-26(29(34)30-27)32-17-18-35-28-24(5-2-6-25(28)32)22-13-15-31(16-14-22)23-10-9-21(19-23)8-7-20-3-1-4-20/h2,5-6,20-23,26H,1,3-4,7-19H2,(H,30,33,34). The second-order valence-corrected chi connectivity index (χ2v) is 12.8. The average Bonchev–Trinajstić information content (AvgIpc) is 3.32. The van der Waals surface area contributed by atoms with Crippen LogP contribution in [0.4, 0.5) is 5.69 Å². The predicted octanol–water partition coefficient (Wildman–Crippen LogP) is 5.33. The minimum absolute atomic E-state index is 0.125. The van der Waals surface area contributed by atoms with Gasteiger partial charge in [-0.25, -0.2) is 0 Å². The van der Waals surface area contributed by atoms with Gasteiger partial charge in [0.1, 0.15) is 6.04 Å². The fraction of sp³-hybridized carbons (Fsp3) is 0.724. The van der Waals surface area contributed by atoms with Gasteiger partial charge in [-0.1, -0.05) is 44.2 Å². The van der Waals surface area contributed by atoms with Gasteiger partial charge in [0.25, 0.3) is 0 Å². The van der Waals surface area contributed by atoms with Gasteiger partial charge in [-0.2, -0.15) is 0 Å². The molecule has 5 aliphatic rings. The lowest BCUT2D eigenvalue weighted by molar-refractivity contribution is -0.134. The quantitative estimate of drug-likeness (QED) is 0.541. The van der Waals surface area contributed by atoms with Crippen molar-refractivity contribution in [2.24, 2.45) is 11.8 Å². The Bertz CT molecular complexity index is 940. The van der Waals surface area contributed by atoms with Crippen LogP contribution in [0.25, 0.3) is 0 Å². The summed E-state index contributed by atoms with van der Waals surface area (Å²) in [6.07, 6.45) is 15.3. The van der Waals surface area contributed by atoms with E-state index in [2.05, 4.69) is 33.3 Å². The van der Waals surface area contributed by atoms with E-state index in [9.17, 15) is 9.59 Å². The molecule has 2 aliphatic carbocycles. The smallest absolute Gasteiger partial charge is 0.249 e. The number of nitrogens with zero attached hydrogens (tertiary/aromatic N) is 2. The molecular formula is C29H41N3O2S. The molecule has 3 unspecified atom stereocenters. The van der Waals surface area contributed by atoms with Gasteiger partial charge in [0.15, 0.2) is 0 Å². The highest BCUT2D eigenvalue weighted by Gasteiger charge is 2.37. The van der Waals surface area contributed by atoms with Crippen molar-refractivity contribution in [2.45, 2.75) is 99.9 Å². The van der Waals surface area contributed by atoms with Crippen LogP contribution in [0.3, 0.4) is 0 Å². The number of hydrogen-bond acceptors (Lipinski definition) is 5. The molecule has 0 spiro atoms. The van der Waals surface area contributed by atoms with E-state index in [4.69, 9.17) is 0 Å². The first-order valence-corrected chi connectivity index (χ1v) is 15.2. The number of anilines is 1. The van der Waals surface area contributed by atoms with Crippen molar-refractivity contribution in [3.05, 3.63) is 23.8 Å². The summed E-state index contributed by atoms with van der Waals surface area (Å²) in [6, 6.07) is 7.32. The molecule has 1 aromatic carbocycles. The maximum absolute atomic E-state index is 12.6. The number of hydrogen-bond donors (Lipinski definition) is 1. The normalized spacial score (nSPS) is 30.7. The number of nitrogens with one attached hydrogen (secondary N) is 1. The zero-order valence-corrected chi connectivity index (χ0v) is 21.9. The molecule has 3 heterocycles. The lowest BCUT2D eigenvalue weighted by Gasteiger charge is -2.40. The number of piperidine rings is 2. The van der Waals surface area contributed by atoms with Crippen molar-refractivity contribution < 1.29 is 9.59 Å². The van der Waals surface area contributed by atoms with E-state index in [1.54, 1.807) is 0 Å². The summed E-state index contributed by atoms with van der Waals surface area (Å²) in [4.78, 5) is 30.7. The van der Waals surface area contributed by atoms with E-state index >= 15 is 0 Å². The highest BCUT2D eigenvalue weighted by Crippen LogP contribution is 2.45. The number of imide groups is 1. The van der Waals surface area contributed by atoms with Gasteiger partial charge in [-0.15, -0.1) is 11.8 Å². The van der Waals surface area contributed by atoms with Gasteiger partial charge in [-0.3, -0.25) is 14.9 Å². The number of carbonyl (C=O) groups excluding carboxylic acids is 2. The predicted molar refractivity (Wildman–Crippen MR) is 142 cm³/mol. The van der Waals surface area contributed by atoms with E-state index in [0.717, 1.165) is 30.2 Å². The zero-order valence-electron chi connectivity index (χ0n) is 21.1. The van der Waals surface area contributed by atoms with Crippen LogP contribution in [0.2, 0.25) is 0 Å². The summed E-state index contributed by atoms with van der Waals surface area (Å²) in [5.74, 6) is 3.40. The molecule has 3 atom stereocenters. The maximum Gasteiger partial charge on any atom is 0.249 e. The van der Waals surface area contributed by atoms with Crippen molar-refractivity contribution >= 4 is 29.3 Å². The van der Waals surface area contributed by atoms with Gasteiger partial charge in [0.05, 0.1) is 5.69 Å². The molecule has 0 bridgehead atoms. The highest BCUT2D eigenvalue weighted by molar-refractivity contribution is 7.99. The lowest BCUT2D eigenvalue weighted by Crippen LogP contribution is -2.54. The molecule has 1 aromatic rings. The molecule has 35 heavy (non-hydrogen) atoms. The Kier molecular flexibility index (Phi) is 7.12. The monoisotopic (exact) mass is 495 g/mol. The molecule has 6 heteroatoms. The Morgan fingerprint density at radius 2 is 1.74 bits per heavy atom. The Hall–Kier alpha value is -1.53. The number of likely N-dealkylation sites (tertiary alicyclic amines) is 1. The number of fused-ring (bicyclic) bond motifs is 1. The molecule has 6 rings (SSSR count). The zero-order chi connectivity index (χ0) is 23.8. The minimum Gasteiger partial charge on any atom is -0.358 e. The van der Waals surface area contributed by atoms with E-state index in [-0.39, 0.29) is 17.9 Å². The third-order valence-corrected chi connectivity index (χ3v) is 10.8. The molecule has 0 aromatic heterocycles. The summed E-state index contributed by atoms with van der Waals surface area (Å²) in [5.41, 5.74) is 2.70. The number of rotatable bonds is 6. The largest absolute Gasteiger partial charge is 0.358 e. The Morgan fingerprint density at radius 1 is 0.914 bits per heavy atom. The summed E-state index contributed by atoms with van der Waals surface area (Å²) in [7, 11) is 0. The van der Waals surface area contributed by atoms with E-state index in [0.29, 0.717) is 18.8 Å². The molecule has 1 N–H and O–H groups in total. The SMILES string of the molecule is O=C1CCC(N2CCSc3c(C4CCN(C5CCC(CCC6CCC6)C5)CC4)cccc32)C(=O)N1. The van der Waals surface area contributed by atoms with Crippen LogP contribution in [0.15, 0.2) is 23.1 Å². The summed E-state index contributed by atoms with van der Waals surface area (Å²) >= 11 is 1.97. The van der Waals surface area contributed by atoms with Crippen LogP contribution < -0.4 is 10.2 Å². The minimum atomic E-state index is -0.218. The van der Waals surface area contributed by atoms with Crippen LogP contribution in [0, 0.1) is 11.8 Å². The van der Waals surface area contributed by atoms with Crippen molar-refractivity contribution in [1.29, 1.82) is 0 Å². The van der Waals surface area contributed by atoms with Gasteiger partial charge >= 0.3 is 0 Å². The molecule has 190 valence electrons. The van der Waals surface area contributed by atoms with Crippen molar-refractivity contribution in [3.8, 4) is 0 Å². The van der Waals surface area contributed by atoms with E-state index in [1.165, 1.54) is 93.4 Å².